The molecule has 1 aromatic carbocycles. The van der Waals surface area contributed by atoms with Gasteiger partial charge in [-0.1, -0.05) is 30.3 Å². The molecule has 1 N–H and O–H groups in total. The minimum atomic E-state index is -1.11. The molecule has 2 atom stereocenters. The van der Waals surface area contributed by atoms with Gasteiger partial charge < -0.3 is 14.6 Å². The van der Waals surface area contributed by atoms with Crippen LogP contribution >= 0.6 is 0 Å². The third kappa shape index (κ3) is 3.27. The van der Waals surface area contributed by atoms with Crippen molar-refractivity contribution in [2.75, 3.05) is 13.2 Å². The van der Waals surface area contributed by atoms with Crippen molar-refractivity contribution in [2.24, 2.45) is 0 Å². The predicted molar refractivity (Wildman–Crippen MR) is 92.0 cm³/mol. The Labute approximate surface area is 151 Å². The van der Waals surface area contributed by atoms with Gasteiger partial charge in [0.25, 0.3) is 0 Å². The SMILES string of the molecule is O=C(OCc1ccccc1)N1C2COCC1CC(O)(c1cnccn1)C2. The van der Waals surface area contributed by atoms with Crippen molar-refractivity contribution in [1.82, 2.24) is 14.9 Å². The van der Waals surface area contributed by atoms with Crippen LogP contribution in [0.4, 0.5) is 4.79 Å². The molecule has 4 rings (SSSR count). The van der Waals surface area contributed by atoms with E-state index in [1.807, 2.05) is 30.3 Å². The van der Waals surface area contributed by atoms with Gasteiger partial charge in [-0.15, -0.1) is 0 Å². The lowest BCUT2D eigenvalue weighted by molar-refractivity contribution is -0.138. The molecule has 1 amide bonds. The number of carbonyl (C=O) groups excluding carboxylic acids is 1. The summed E-state index contributed by atoms with van der Waals surface area (Å²) in [5.74, 6) is 0. The van der Waals surface area contributed by atoms with Gasteiger partial charge in [0.15, 0.2) is 0 Å². The predicted octanol–water partition coefficient (Wildman–Crippen LogP) is 1.86. The molecule has 0 aliphatic carbocycles. The van der Waals surface area contributed by atoms with Crippen molar-refractivity contribution >= 4 is 6.09 Å². The molecule has 0 spiro atoms. The zero-order valence-electron chi connectivity index (χ0n) is 14.3. The number of amides is 1. The maximum absolute atomic E-state index is 12.7. The monoisotopic (exact) mass is 355 g/mol. The number of hydrogen-bond acceptors (Lipinski definition) is 6. The summed E-state index contributed by atoms with van der Waals surface area (Å²) in [4.78, 5) is 22.7. The summed E-state index contributed by atoms with van der Waals surface area (Å²) in [6, 6.07) is 9.07. The Morgan fingerprint density at radius 1 is 1.23 bits per heavy atom. The lowest BCUT2D eigenvalue weighted by Crippen LogP contribution is -2.62. The van der Waals surface area contributed by atoms with E-state index in [9.17, 15) is 9.90 Å². The number of aliphatic hydroxyl groups is 1. The van der Waals surface area contributed by atoms with Crippen LogP contribution in [0.2, 0.25) is 0 Å². The minimum Gasteiger partial charge on any atom is -0.445 e. The van der Waals surface area contributed by atoms with E-state index >= 15 is 0 Å². The van der Waals surface area contributed by atoms with Crippen LogP contribution in [-0.2, 0) is 21.7 Å². The Morgan fingerprint density at radius 3 is 2.62 bits per heavy atom. The first kappa shape index (κ1) is 16.9. The van der Waals surface area contributed by atoms with E-state index in [1.165, 1.54) is 0 Å². The van der Waals surface area contributed by atoms with Gasteiger partial charge in [0.1, 0.15) is 12.2 Å². The van der Waals surface area contributed by atoms with E-state index in [0.717, 1.165) is 5.56 Å². The lowest BCUT2D eigenvalue weighted by atomic mass is 9.79. The summed E-state index contributed by atoms with van der Waals surface area (Å²) in [5, 5.41) is 11.1. The number of piperidine rings is 1. The first-order valence-corrected chi connectivity index (χ1v) is 8.71. The highest BCUT2D eigenvalue weighted by Gasteiger charge is 2.50. The van der Waals surface area contributed by atoms with Crippen LogP contribution in [0, 0.1) is 0 Å². The van der Waals surface area contributed by atoms with Crippen molar-refractivity contribution in [1.29, 1.82) is 0 Å². The number of benzene rings is 1. The van der Waals surface area contributed by atoms with E-state index in [2.05, 4.69) is 9.97 Å². The fraction of sp³-hybridized carbons (Fsp3) is 0.421. The van der Waals surface area contributed by atoms with Crippen LogP contribution in [0.25, 0.3) is 0 Å². The van der Waals surface area contributed by atoms with Gasteiger partial charge in [-0.25, -0.2) is 4.79 Å². The van der Waals surface area contributed by atoms with Crippen molar-refractivity contribution in [3.8, 4) is 0 Å². The second-order valence-corrected chi connectivity index (χ2v) is 6.82. The molecule has 0 radical (unpaired) electrons. The van der Waals surface area contributed by atoms with E-state index in [1.54, 1.807) is 23.5 Å². The molecular formula is C19H21N3O4. The summed E-state index contributed by atoms with van der Waals surface area (Å²) in [7, 11) is 0. The van der Waals surface area contributed by atoms with Gasteiger partial charge in [0.2, 0.25) is 0 Å². The fourth-order valence-electron chi connectivity index (χ4n) is 3.82. The van der Waals surface area contributed by atoms with Crippen molar-refractivity contribution in [3.63, 3.8) is 0 Å². The molecule has 3 heterocycles. The Bertz CT molecular complexity index is 742. The topological polar surface area (TPSA) is 84.8 Å². The summed E-state index contributed by atoms with van der Waals surface area (Å²) in [5.41, 5.74) is 0.369. The quantitative estimate of drug-likeness (QED) is 0.905. The van der Waals surface area contributed by atoms with E-state index in [4.69, 9.17) is 9.47 Å². The average Bonchev–Trinajstić information content (AvgIpc) is 2.67. The molecule has 1 aromatic heterocycles. The number of rotatable bonds is 3. The van der Waals surface area contributed by atoms with Crippen LogP contribution < -0.4 is 0 Å². The number of hydrogen-bond donors (Lipinski definition) is 1. The number of nitrogens with zero attached hydrogens (tertiary/aromatic N) is 3. The maximum atomic E-state index is 12.7. The van der Waals surface area contributed by atoms with Gasteiger partial charge in [0, 0.05) is 25.2 Å². The standard InChI is InChI=1S/C19H21N3O4/c23-18(26-11-14-4-2-1-3-5-14)22-15-8-19(24,9-16(22)13-25-12-15)17-10-20-6-7-21-17/h1-7,10,15-16,24H,8-9,11-13H2. The molecule has 26 heavy (non-hydrogen) atoms. The highest BCUT2D eigenvalue weighted by atomic mass is 16.6. The Kier molecular flexibility index (Phi) is 4.57. The average molecular weight is 355 g/mol. The molecule has 2 bridgehead atoms. The largest absolute Gasteiger partial charge is 0.445 e. The molecule has 0 saturated carbocycles. The zero-order chi connectivity index (χ0) is 18.0. The van der Waals surface area contributed by atoms with Crippen molar-refractivity contribution < 1.29 is 19.4 Å². The summed E-state index contributed by atoms with van der Waals surface area (Å²) >= 11 is 0. The number of carbonyl (C=O) groups is 1. The first-order valence-electron chi connectivity index (χ1n) is 8.71. The van der Waals surface area contributed by atoms with Crippen LogP contribution in [0.5, 0.6) is 0 Å². The van der Waals surface area contributed by atoms with Crippen LogP contribution in [-0.4, -0.2) is 51.4 Å². The van der Waals surface area contributed by atoms with Crippen LogP contribution in [0.3, 0.4) is 0 Å². The van der Waals surface area contributed by atoms with E-state index in [0.29, 0.717) is 31.7 Å². The van der Waals surface area contributed by atoms with Crippen LogP contribution in [0.15, 0.2) is 48.9 Å². The molecule has 136 valence electrons. The molecule has 2 fully saturated rings. The smallest absolute Gasteiger partial charge is 0.410 e. The molecule has 7 heteroatoms. The molecule has 2 aromatic rings. The Hall–Kier alpha value is -2.51. The zero-order valence-corrected chi connectivity index (χ0v) is 14.3. The summed E-state index contributed by atoms with van der Waals surface area (Å²) in [6.45, 7) is 0.976. The van der Waals surface area contributed by atoms with Gasteiger partial charge >= 0.3 is 6.09 Å². The van der Waals surface area contributed by atoms with Gasteiger partial charge in [-0.2, -0.15) is 0 Å². The summed E-state index contributed by atoms with van der Waals surface area (Å²) in [6.07, 6.45) is 5.06. The number of fused-ring (bicyclic) bond motifs is 2. The third-order valence-electron chi connectivity index (χ3n) is 5.01. The number of ether oxygens (including phenoxy) is 2. The van der Waals surface area contributed by atoms with Crippen molar-refractivity contribution in [2.45, 2.75) is 37.1 Å². The van der Waals surface area contributed by atoms with Crippen molar-refractivity contribution in [3.05, 3.63) is 60.2 Å². The second-order valence-electron chi connectivity index (χ2n) is 6.82. The van der Waals surface area contributed by atoms with E-state index in [-0.39, 0.29) is 24.8 Å². The van der Waals surface area contributed by atoms with Gasteiger partial charge in [-0.05, 0) is 5.56 Å². The molecule has 2 aliphatic heterocycles. The maximum Gasteiger partial charge on any atom is 0.410 e. The fourth-order valence-corrected chi connectivity index (χ4v) is 3.82. The number of morpholine rings is 1. The molecule has 2 unspecified atom stereocenters. The molecular weight excluding hydrogens is 334 g/mol. The second kappa shape index (κ2) is 7.01. The highest BCUT2D eigenvalue weighted by Crippen LogP contribution is 2.40. The lowest BCUT2D eigenvalue weighted by Gasteiger charge is -2.50. The van der Waals surface area contributed by atoms with Gasteiger partial charge in [-0.3, -0.25) is 14.9 Å². The molecule has 2 aliphatic rings. The Balaban J connectivity index is 1.48. The minimum absolute atomic E-state index is 0.227. The van der Waals surface area contributed by atoms with E-state index < -0.39 is 5.60 Å². The molecule has 2 saturated heterocycles. The van der Waals surface area contributed by atoms with Gasteiger partial charge in [0.05, 0.1) is 37.2 Å². The third-order valence-corrected chi connectivity index (χ3v) is 5.01. The Morgan fingerprint density at radius 2 is 1.96 bits per heavy atom. The first-order chi connectivity index (χ1) is 12.7. The molecule has 7 nitrogen and oxygen atoms in total. The normalized spacial score (nSPS) is 27.8. The summed E-state index contributed by atoms with van der Waals surface area (Å²) < 4.78 is 11.1. The van der Waals surface area contributed by atoms with Crippen LogP contribution in [0.1, 0.15) is 24.1 Å². The number of aromatic nitrogens is 2. The highest BCUT2D eigenvalue weighted by molar-refractivity contribution is 5.69.